The topological polar surface area (TPSA) is 47.9 Å². The summed E-state index contributed by atoms with van der Waals surface area (Å²) >= 11 is 0. The van der Waals surface area contributed by atoms with Crippen molar-refractivity contribution in [3.63, 3.8) is 0 Å². The molecular weight excluding hydrogens is 380 g/mol. The molecule has 160 valence electrons. The zero-order valence-electron chi connectivity index (χ0n) is 18.4. The van der Waals surface area contributed by atoms with E-state index in [1.165, 1.54) is 0 Å². The fourth-order valence-corrected chi connectivity index (χ4v) is 3.62. The molecule has 0 fully saturated rings. The summed E-state index contributed by atoms with van der Waals surface area (Å²) in [5.74, 6) is 0. The maximum atomic E-state index is 10.0. The normalized spacial score (nSPS) is 14.6. The lowest BCUT2D eigenvalue weighted by atomic mass is 10.2. The Balaban J connectivity index is 2.06. The Morgan fingerprint density at radius 1 is 0.793 bits per heavy atom. The number of hydrogen-bond acceptors (Lipinski definition) is 4. The highest BCUT2D eigenvalue weighted by Crippen LogP contribution is 2.36. The molecule has 2 aromatic carbocycles. The minimum Gasteiger partial charge on any atom is -0.414 e. The minimum atomic E-state index is -1.94. The van der Waals surface area contributed by atoms with Crippen molar-refractivity contribution in [3.8, 4) is 0 Å². The number of hydrogen-bond donors (Lipinski definition) is 1. The van der Waals surface area contributed by atoms with Crippen molar-refractivity contribution < 1.29 is 19.0 Å². The van der Waals surface area contributed by atoms with Crippen LogP contribution < -0.4 is 0 Å². The van der Waals surface area contributed by atoms with Crippen molar-refractivity contribution >= 4 is 8.32 Å². The van der Waals surface area contributed by atoms with Crippen LogP contribution in [0.1, 0.15) is 31.9 Å². The Bertz CT molecular complexity index is 698. The standard InChI is InChI=1S/C24H36O4Si/c1-24(2,3)29(4,5)28-19-23(27-18-21-14-10-7-11-15-21)22(16-25)26-17-20-12-8-6-9-13-20/h6-15,22-23,25H,16-19H2,1-5H3/t22-,23-/m0/s1. The Kier molecular flexibility index (Phi) is 9.05. The molecule has 0 spiro atoms. The lowest BCUT2D eigenvalue weighted by molar-refractivity contribution is -0.117. The third-order valence-corrected chi connectivity index (χ3v) is 10.1. The molecule has 0 aliphatic carbocycles. The van der Waals surface area contributed by atoms with Gasteiger partial charge in [0.1, 0.15) is 12.2 Å². The van der Waals surface area contributed by atoms with Crippen LogP contribution in [0.3, 0.4) is 0 Å². The Morgan fingerprint density at radius 3 is 1.66 bits per heavy atom. The van der Waals surface area contributed by atoms with E-state index in [0.717, 1.165) is 11.1 Å². The van der Waals surface area contributed by atoms with Crippen molar-refractivity contribution in [2.45, 2.75) is 64.3 Å². The highest BCUT2D eigenvalue weighted by atomic mass is 28.4. The van der Waals surface area contributed by atoms with Crippen LogP contribution >= 0.6 is 0 Å². The largest absolute Gasteiger partial charge is 0.414 e. The van der Waals surface area contributed by atoms with Gasteiger partial charge in [0.25, 0.3) is 0 Å². The van der Waals surface area contributed by atoms with Crippen LogP contribution in [-0.2, 0) is 27.1 Å². The summed E-state index contributed by atoms with van der Waals surface area (Å²) in [7, 11) is -1.94. The smallest absolute Gasteiger partial charge is 0.192 e. The van der Waals surface area contributed by atoms with Gasteiger partial charge in [-0.25, -0.2) is 0 Å². The minimum absolute atomic E-state index is 0.108. The lowest BCUT2D eigenvalue weighted by Crippen LogP contribution is -2.46. The van der Waals surface area contributed by atoms with Gasteiger partial charge >= 0.3 is 0 Å². The molecule has 0 aromatic heterocycles. The van der Waals surface area contributed by atoms with Crippen molar-refractivity contribution in [1.29, 1.82) is 0 Å². The third-order valence-electron chi connectivity index (χ3n) is 5.62. The molecule has 2 rings (SSSR count). The summed E-state index contributed by atoms with van der Waals surface area (Å²) in [6, 6.07) is 20.0. The van der Waals surface area contributed by atoms with Crippen LogP contribution in [0.5, 0.6) is 0 Å². The number of rotatable bonds is 11. The van der Waals surface area contributed by atoms with E-state index in [1.807, 2.05) is 60.7 Å². The predicted octanol–water partition coefficient (Wildman–Crippen LogP) is 5.17. The summed E-state index contributed by atoms with van der Waals surface area (Å²) in [6.45, 7) is 12.3. The average Bonchev–Trinajstić information content (AvgIpc) is 2.70. The first-order valence-corrected chi connectivity index (χ1v) is 13.2. The molecule has 0 aliphatic heterocycles. The molecule has 2 atom stereocenters. The SMILES string of the molecule is CC(C)(C)[Si](C)(C)OC[C@H](OCc1ccccc1)[C@H](CO)OCc1ccccc1. The van der Waals surface area contributed by atoms with Gasteiger partial charge in [-0.2, -0.15) is 0 Å². The van der Waals surface area contributed by atoms with Gasteiger partial charge < -0.3 is 19.0 Å². The molecule has 0 bridgehead atoms. The van der Waals surface area contributed by atoms with E-state index in [4.69, 9.17) is 13.9 Å². The quantitative estimate of drug-likeness (QED) is 0.513. The zero-order chi connectivity index (χ0) is 21.3. The van der Waals surface area contributed by atoms with E-state index in [1.54, 1.807) is 0 Å². The van der Waals surface area contributed by atoms with Crippen molar-refractivity contribution in [2.24, 2.45) is 0 Å². The van der Waals surface area contributed by atoms with Crippen LogP contribution in [0.2, 0.25) is 18.1 Å². The van der Waals surface area contributed by atoms with Crippen LogP contribution in [0.4, 0.5) is 0 Å². The van der Waals surface area contributed by atoms with E-state index in [0.29, 0.717) is 19.8 Å². The summed E-state index contributed by atoms with van der Waals surface area (Å²) in [4.78, 5) is 0. The molecule has 0 aliphatic rings. The molecule has 0 unspecified atom stereocenters. The second kappa shape index (κ2) is 11.0. The summed E-state index contributed by atoms with van der Waals surface area (Å²) in [5.41, 5.74) is 2.16. The van der Waals surface area contributed by atoms with E-state index in [2.05, 4.69) is 33.9 Å². The van der Waals surface area contributed by atoms with Gasteiger partial charge in [0.2, 0.25) is 0 Å². The van der Waals surface area contributed by atoms with Crippen molar-refractivity contribution in [3.05, 3.63) is 71.8 Å². The van der Waals surface area contributed by atoms with Crippen molar-refractivity contribution in [2.75, 3.05) is 13.2 Å². The first-order chi connectivity index (χ1) is 13.7. The Hall–Kier alpha value is -1.50. The molecule has 5 heteroatoms. The summed E-state index contributed by atoms with van der Waals surface area (Å²) in [6.07, 6.45) is -0.804. The molecular formula is C24H36O4Si. The van der Waals surface area contributed by atoms with Gasteiger partial charge in [0.05, 0.1) is 26.4 Å². The van der Waals surface area contributed by atoms with Gasteiger partial charge in [-0.15, -0.1) is 0 Å². The summed E-state index contributed by atoms with van der Waals surface area (Å²) in [5, 5.41) is 10.1. The number of benzene rings is 2. The Labute approximate surface area is 177 Å². The van der Waals surface area contributed by atoms with Crippen LogP contribution in [0, 0.1) is 0 Å². The Morgan fingerprint density at radius 2 is 1.24 bits per heavy atom. The molecule has 4 nitrogen and oxygen atoms in total. The van der Waals surface area contributed by atoms with Crippen molar-refractivity contribution in [1.82, 2.24) is 0 Å². The second-order valence-electron chi connectivity index (χ2n) is 8.92. The van der Waals surface area contributed by atoms with Crippen LogP contribution in [0.15, 0.2) is 60.7 Å². The van der Waals surface area contributed by atoms with Crippen LogP contribution in [0.25, 0.3) is 0 Å². The molecule has 0 saturated carbocycles. The van der Waals surface area contributed by atoms with Gasteiger partial charge in [-0.1, -0.05) is 81.4 Å². The molecule has 2 aromatic rings. The van der Waals surface area contributed by atoms with E-state index in [-0.39, 0.29) is 17.7 Å². The molecule has 0 amide bonds. The monoisotopic (exact) mass is 416 g/mol. The van der Waals surface area contributed by atoms with Gasteiger partial charge in [-0.05, 0) is 29.3 Å². The average molecular weight is 417 g/mol. The number of ether oxygens (including phenoxy) is 2. The van der Waals surface area contributed by atoms with Gasteiger partial charge in [0, 0.05) is 0 Å². The lowest BCUT2D eigenvalue weighted by Gasteiger charge is -2.38. The highest BCUT2D eigenvalue weighted by molar-refractivity contribution is 6.74. The van der Waals surface area contributed by atoms with E-state index >= 15 is 0 Å². The summed E-state index contributed by atoms with van der Waals surface area (Å²) < 4.78 is 18.6. The van der Waals surface area contributed by atoms with Gasteiger partial charge in [-0.3, -0.25) is 0 Å². The van der Waals surface area contributed by atoms with Crippen LogP contribution in [-0.4, -0.2) is 38.8 Å². The maximum Gasteiger partial charge on any atom is 0.192 e. The molecule has 0 radical (unpaired) electrons. The second-order valence-corrected chi connectivity index (χ2v) is 13.7. The fraction of sp³-hybridized carbons (Fsp3) is 0.500. The number of aliphatic hydroxyl groups excluding tert-OH is 1. The number of aliphatic hydroxyl groups is 1. The van der Waals surface area contributed by atoms with E-state index in [9.17, 15) is 5.11 Å². The highest BCUT2D eigenvalue weighted by Gasteiger charge is 2.38. The predicted molar refractivity (Wildman–Crippen MR) is 120 cm³/mol. The first-order valence-electron chi connectivity index (χ1n) is 10.3. The third kappa shape index (κ3) is 7.68. The molecule has 0 saturated heterocycles. The first kappa shape index (κ1) is 23.8. The molecule has 29 heavy (non-hydrogen) atoms. The van der Waals surface area contributed by atoms with E-state index < -0.39 is 14.4 Å². The van der Waals surface area contributed by atoms with Gasteiger partial charge in [0.15, 0.2) is 8.32 Å². The molecule has 1 N–H and O–H groups in total. The molecule has 0 heterocycles. The maximum absolute atomic E-state index is 10.0. The fourth-order valence-electron chi connectivity index (χ4n) is 2.60. The zero-order valence-corrected chi connectivity index (χ0v) is 19.4.